The summed E-state index contributed by atoms with van der Waals surface area (Å²) in [5, 5.41) is 15.6. The molecule has 0 saturated heterocycles. The lowest BCUT2D eigenvalue weighted by Crippen LogP contribution is -2.39. The number of amides is 1. The Balaban J connectivity index is 1.62. The first kappa shape index (κ1) is 19.5. The molecule has 2 aromatic carbocycles. The Labute approximate surface area is 164 Å². The van der Waals surface area contributed by atoms with Crippen molar-refractivity contribution in [3.05, 3.63) is 83.2 Å². The summed E-state index contributed by atoms with van der Waals surface area (Å²) >= 11 is 0. The quantitative estimate of drug-likeness (QED) is 0.590. The Morgan fingerprint density at radius 3 is 2.25 bits per heavy atom. The third kappa shape index (κ3) is 5.37. The van der Waals surface area contributed by atoms with Crippen molar-refractivity contribution < 1.29 is 9.90 Å². The van der Waals surface area contributed by atoms with Crippen molar-refractivity contribution in [1.82, 2.24) is 15.3 Å². The molecule has 0 fully saturated rings. The fraction of sp³-hybridized carbons (Fsp3) is 0.227. The maximum absolute atomic E-state index is 12.5. The third-order valence-corrected chi connectivity index (χ3v) is 4.27. The molecule has 0 radical (unpaired) electrons. The normalized spacial score (nSPS) is 11.7. The molecule has 144 valence electrons. The molecule has 6 heteroatoms. The van der Waals surface area contributed by atoms with Gasteiger partial charge in [-0.3, -0.25) is 4.79 Å². The van der Waals surface area contributed by atoms with Crippen molar-refractivity contribution in [2.24, 2.45) is 0 Å². The van der Waals surface area contributed by atoms with E-state index in [9.17, 15) is 9.90 Å². The molecule has 1 aromatic heterocycles. The molecular formula is C22H24N4O2. The van der Waals surface area contributed by atoms with Crippen LogP contribution >= 0.6 is 0 Å². The van der Waals surface area contributed by atoms with Crippen LogP contribution in [-0.2, 0) is 6.42 Å². The minimum atomic E-state index is -0.337. The maximum Gasteiger partial charge on any atom is 0.251 e. The van der Waals surface area contributed by atoms with Crippen LogP contribution in [0, 0.1) is 13.8 Å². The monoisotopic (exact) mass is 376 g/mol. The largest absolute Gasteiger partial charge is 0.394 e. The lowest BCUT2D eigenvalue weighted by atomic mass is 10.1. The Hall–Kier alpha value is -3.25. The van der Waals surface area contributed by atoms with E-state index in [0.29, 0.717) is 17.9 Å². The van der Waals surface area contributed by atoms with Crippen LogP contribution in [0.4, 0.5) is 11.6 Å². The van der Waals surface area contributed by atoms with E-state index in [1.165, 1.54) is 0 Å². The zero-order chi connectivity index (χ0) is 19.9. The van der Waals surface area contributed by atoms with Crippen LogP contribution in [0.15, 0.2) is 60.7 Å². The molecule has 0 spiro atoms. The topological polar surface area (TPSA) is 87.1 Å². The molecule has 1 amide bonds. The van der Waals surface area contributed by atoms with Gasteiger partial charge in [-0.25, -0.2) is 9.97 Å². The predicted molar refractivity (Wildman–Crippen MR) is 110 cm³/mol. The molecule has 0 bridgehead atoms. The van der Waals surface area contributed by atoms with Gasteiger partial charge in [0.05, 0.1) is 12.6 Å². The van der Waals surface area contributed by atoms with E-state index in [2.05, 4.69) is 20.6 Å². The van der Waals surface area contributed by atoms with Gasteiger partial charge in [0.1, 0.15) is 0 Å². The number of aliphatic hydroxyl groups excluding tert-OH is 1. The number of anilines is 2. The van der Waals surface area contributed by atoms with E-state index >= 15 is 0 Å². The van der Waals surface area contributed by atoms with E-state index in [4.69, 9.17) is 0 Å². The van der Waals surface area contributed by atoms with Gasteiger partial charge >= 0.3 is 0 Å². The number of hydrogen-bond acceptors (Lipinski definition) is 5. The number of carbonyl (C=O) groups is 1. The molecule has 0 aliphatic carbocycles. The number of benzene rings is 2. The highest BCUT2D eigenvalue weighted by Crippen LogP contribution is 2.15. The van der Waals surface area contributed by atoms with Gasteiger partial charge in [-0.2, -0.15) is 0 Å². The molecule has 0 saturated carbocycles. The van der Waals surface area contributed by atoms with E-state index in [1.54, 1.807) is 24.3 Å². The average Bonchev–Trinajstić information content (AvgIpc) is 2.68. The number of aliphatic hydroxyl groups is 1. The van der Waals surface area contributed by atoms with Crippen molar-refractivity contribution in [3.63, 3.8) is 0 Å². The zero-order valence-electron chi connectivity index (χ0n) is 16.0. The van der Waals surface area contributed by atoms with E-state index in [1.807, 2.05) is 50.2 Å². The highest BCUT2D eigenvalue weighted by Gasteiger charge is 2.14. The number of rotatable bonds is 7. The average molecular weight is 376 g/mol. The summed E-state index contributed by atoms with van der Waals surface area (Å²) in [5.41, 5.74) is 4.16. The van der Waals surface area contributed by atoms with Crippen LogP contribution in [0.1, 0.15) is 27.3 Å². The number of carbonyl (C=O) groups excluding carboxylic acids is 1. The maximum atomic E-state index is 12.5. The van der Waals surface area contributed by atoms with Crippen LogP contribution < -0.4 is 10.6 Å². The van der Waals surface area contributed by atoms with Crippen molar-refractivity contribution in [1.29, 1.82) is 0 Å². The minimum absolute atomic E-state index is 0.121. The molecule has 6 nitrogen and oxygen atoms in total. The fourth-order valence-electron chi connectivity index (χ4n) is 2.94. The van der Waals surface area contributed by atoms with Crippen molar-refractivity contribution in [3.8, 4) is 0 Å². The van der Waals surface area contributed by atoms with Crippen LogP contribution in [-0.4, -0.2) is 33.6 Å². The number of aromatic nitrogens is 2. The van der Waals surface area contributed by atoms with Gasteiger partial charge in [0.2, 0.25) is 5.95 Å². The smallest absolute Gasteiger partial charge is 0.251 e. The molecule has 1 unspecified atom stereocenters. The van der Waals surface area contributed by atoms with Gasteiger partial charge in [0.25, 0.3) is 5.91 Å². The molecule has 1 atom stereocenters. The lowest BCUT2D eigenvalue weighted by molar-refractivity contribution is 0.0916. The van der Waals surface area contributed by atoms with Crippen LogP contribution in [0.3, 0.4) is 0 Å². The molecule has 3 aromatic rings. The Morgan fingerprint density at radius 2 is 1.64 bits per heavy atom. The second-order valence-electron chi connectivity index (χ2n) is 6.72. The van der Waals surface area contributed by atoms with Gasteiger partial charge in [-0.05, 0) is 56.2 Å². The second-order valence-corrected chi connectivity index (χ2v) is 6.72. The fourth-order valence-corrected chi connectivity index (χ4v) is 2.94. The second kappa shape index (κ2) is 9.10. The van der Waals surface area contributed by atoms with Gasteiger partial charge in [0.15, 0.2) is 0 Å². The minimum Gasteiger partial charge on any atom is -0.394 e. The summed E-state index contributed by atoms with van der Waals surface area (Å²) in [6, 6.07) is 18.4. The number of nitrogens with one attached hydrogen (secondary N) is 2. The summed E-state index contributed by atoms with van der Waals surface area (Å²) < 4.78 is 0. The van der Waals surface area contributed by atoms with Crippen LogP contribution in [0.2, 0.25) is 0 Å². The summed E-state index contributed by atoms with van der Waals surface area (Å²) in [7, 11) is 0. The SMILES string of the molecule is Cc1cc(C)nc(Nc2ccc(C(=O)NC(CO)Cc3ccccc3)cc2)n1. The van der Waals surface area contributed by atoms with Crippen LogP contribution in [0.5, 0.6) is 0 Å². The van der Waals surface area contributed by atoms with Gasteiger partial charge < -0.3 is 15.7 Å². The highest BCUT2D eigenvalue weighted by atomic mass is 16.3. The number of nitrogens with zero attached hydrogens (tertiary/aromatic N) is 2. The Kier molecular flexibility index (Phi) is 6.34. The first-order valence-corrected chi connectivity index (χ1v) is 9.18. The predicted octanol–water partition coefficient (Wildman–Crippen LogP) is 3.17. The van der Waals surface area contributed by atoms with E-state index in [0.717, 1.165) is 22.6 Å². The molecular weight excluding hydrogens is 352 g/mol. The molecule has 0 aliphatic rings. The lowest BCUT2D eigenvalue weighted by Gasteiger charge is -2.16. The molecule has 0 aliphatic heterocycles. The first-order chi connectivity index (χ1) is 13.5. The Morgan fingerprint density at radius 1 is 1.00 bits per heavy atom. The van der Waals surface area contributed by atoms with E-state index in [-0.39, 0.29) is 18.6 Å². The summed E-state index contributed by atoms with van der Waals surface area (Å²) in [5.74, 6) is 0.307. The van der Waals surface area contributed by atoms with Gasteiger partial charge in [-0.15, -0.1) is 0 Å². The molecule has 3 N–H and O–H groups in total. The van der Waals surface area contributed by atoms with Gasteiger partial charge in [0, 0.05) is 22.6 Å². The summed E-state index contributed by atoms with van der Waals surface area (Å²) in [6.07, 6.45) is 0.576. The van der Waals surface area contributed by atoms with Crippen LogP contribution in [0.25, 0.3) is 0 Å². The standard InChI is InChI=1S/C22H24N4O2/c1-15-12-16(2)24-22(23-15)26-19-10-8-18(9-11-19)21(28)25-20(14-27)13-17-6-4-3-5-7-17/h3-12,20,27H,13-14H2,1-2H3,(H,25,28)(H,23,24,26). The molecule has 1 heterocycles. The third-order valence-electron chi connectivity index (χ3n) is 4.27. The summed E-state index contributed by atoms with van der Waals surface area (Å²) in [6.45, 7) is 3.71. The molecule has 28 heavy (non-hydrogen) atoms. The molecule has 3 rings (SSSR count). The Bertz CT molecular complexity index is 907. The van der Waals surface area contributed by atoms with Crippen molar-refractivity contribution >= 4 is 17.5 Å². The number of aryl methyl sites for hydroxylation is 2. The summed E-state index contributed by atoms with van der Waals surface area (Å²) in [4.78, 5) is 21.2. The zero-order valence-corrected chi connectivity index (χ0v) is 16.0. The highest BCUT2D eigenvalue weighted by molar-refractivity contribution is 5.94. The number of hydrogen-bond donors (Lipinski definition) is 3. The van der Waals surface area contributed by atoms with E-state index < -0.39 is 0 Å². The first-order valence-electron chi connectivity index (χ1n) is 9.18. The van der Waals surface area contributed by atoms with Crippen molar-refractivity contribution in [2.75, 3.05) is 11.9 Å². The van der Waals surface area contributed by atoms with Gasteiger partial charge in [-0.1, -0.05) is 30.3 Å². The van der Waals surface area contributed by atoms with Crippen molar-refractivity contribution in [2.45, 2.75) is 26.3 Å².